The molecule has 1 atom stereocenters. The second-order valence-electron chi connectivity index (χ2n) is 5.02. The van der Waals surface area contributed by atoms with Crippen LogP contribution in [0.4, 0.5) is 4.39 Å². The molecule has 0 aliphatic carbocycles. The minimum Gasteiger partial charge on any atom is -0.493 e. The molecular weight excluding hydrogens is 269 g/mol. The van der Waals surface area contributed by atoms with Gasteiger partial charge < -0.3 is 10.1 Å². The molecule has 1 aromatic heterocycles. The van der Waals surface area contributed by atoms with Crippen LogP contribution in [0.15, 0.2) is 30.5 Å². The summed E-state index contributed by atoms with van der Waals surface area (Å²) >= 11 is 0. The largest absolute Gasteiger partial charge is 0.493 e. The highest BCUT2D eigenvalue weighted by molar-refractivity contribution is 5.30. The lowest BCUT2D eigenvalue weighted by Crippen LogP contribution is -2.27. The van der Waals surface area contributed by atoms with E-state index < -0.39 is 0 Å². The highest BCUT2D eigenvalue weighted by Gasteiger charge is 2.21. The van der Waals surface area contributed by atoms with Gasteiger partial charge in [0.25, 0.3) is 0 Å². The Labute approximate surface area is 124 Å². The predicted molar refractivity (Wildman–Crippen MR) is 80.9 cm³/mol. The molecule has 1 heterocycles. The number of hydrogen-bond donors (Lipinski definition) is 1. The summed E-state index contributed by atoms with van der Waals surface area (Å²) in [6.07, 6.45) is 3.26. The van der Waals surface area contributed by atoms with Crippen LogP contribution in [0.2, 0.25) is 0 Å². The van der Waals surface area contributed by atoms with Crippen molar-refractivity contribution in [3.8, 4) is 5.75 Å². The van der Waals surface area contributed by atoms with Gasteiger partial charge in [-0.1, -0.05) is 25.1 Å². The smallest absolute Gasteiger partial charge is 0.161 e. The zero-order valence-corrected chi connectivity index (χ0v) is 12.8. The monoisotopic (exact) mass is 291 g/mol. The van der Waals surface area contributed by atoms with E-state index in [1.54, 1.807) is 24.1 Å². The van der Waals surface area contributed by atoms with Crippen LogP contribution in [0.3, 0.4) is 0 Å². The van der Waals surface area contributed by atoms with Crippen molar-refractivity contribution in [2.75, 3.05) is 13.7 Å². The number of nitrogens with zero attached hydrogens (tertiary/aromatic N) is 2. The van der Waals surface area contributed by atoms with Gasteiger partial charge in [0.1, 0.15) is 5.82 Å². The van der Waals surface area contributed by atoms with Gasteiger partial charge in [0.2, 0.25) is 0 Å². The van der Waals surface area contributed by atoms with E-state index in [4.69, 9.17) is 4.74 Å². The minimum atomic E-state index is -0.179. The van der Waals surface area contributed by atoms with E-state index in [1.165, 1.54) is 6.07 Å². The maximum absolute atomic E-state index is 13.9. The van der Waals surface area contributed by atoms with Gasteiger partial charge >= 0.3 is 0 Å². The molecule has 0 fully saturated rings. The van der Waals surface area contributed by atoms with Crippen molar-refractivity contribution in [3.05, 3.63) is 47.5 Å². The van der Waals surface area contributed by atoms with Gasteiger partial charge in [-0.15, -0.1) is 0 Å². The molecule has 0 bridgehead atoms. The summed E-state index contributed by atoms with van der Waals surface area (Å²) in [7, 11) is 3.50. The summed E-state index contributed by atoms with van der Waals surface area (Å²) in [6.45, 7) is 2.96. The lowest BCUT2D eigenvalue weighted by Gasteiger charge is -2.20. The Balaban J connectivity index is 2.30. The predicted octanol–water partition coefficient (Wildman–Crippen LogP) is 2.85. The van der Waals surface area contributed by atoms with Gasteiger partial charge in [-0.05, 0) is 31.0 Å². The van der Waals surface area contributed by atoms with Crippen molar-refractivity contribution >= 4 is 0 Å². The number of ether oxygens (including phenoxy) is 1. The van der Waals surface area contributed by atoms with Crippen LogP contribution >= 0.6 is 0 Å². The van der Waals surface area contributed by atoms with Gasteiger partial charge in [0.15, 0.2) is 5.75 Å². The number of nitrogens with one attached hydrogen (secondary N) is 1. The SMILES string of the molecule is CCCNC(Cc1ccccc1F)c1c(OC)cnn1C. The molecule has 2 rings (SSSR count). The van der Waals surface area contributed by atoms with Crippen LogP contribution < -0.4 is 10.1 Å². The zero-order valence-electron chi connectivity index (χ0n) is 12.8. The van der Waals surface area contributed by atoms with Crippen molar-refractivity contribution < 1.29 is 9.13 Å². The molecule has 114 valence electrons. The molecule has 0 amide bonds. The van der Waals surface area contributed by atoms with Crippen LogP contribution in [-0.2, 0) is 13.5 Å². The highest BCUT2D eigenvalue weighted by Crippen LogP contribution is 2.27. The number of methoxy groups -OCH3 is 1. The molecule has 4 nitrogen and oxygen atoms in total. The molecule has 0 spiro atoms. The number of aryl methyl sites for hydroxylation is 1. The normalized spacial score (nSPS) is 12.4. The molecule has 0 saturated heterocycles. The van der Waals surface area contributed by atoms with E-state index in [2.05, 4.69) is 17.3 Å². The topological polar surface area (TPSA) is 39.1 Å². The molecule has 1 unspecified atom stereocenters. The van der Waals surface area contributed by atoms with Gasteiger partial charge in [0.05, 0.1) is 25.0 Å². The summed E-state index contributed by atoms with van der Waals surface area (Å²) in [5.74, 6) is 0.546. The Morgan fingerprint density at radius 3 is 2.81 bits per heavy atom. The summed E-state index contributed by atoms with van der Waals surface area (Å²) in [4.78, 5) is 0. The number of rotatable bonds is 7. The lowest BCUT2D eigenvalue weighted by molar-refractivity contribution is 0.391. The Bertz CT molecular complexity index is 583. The quantitative estimate of drug-likeness (QED) is 0.852. The highest BCUT2D eigenvalue weighted by atomic mass is 19.1. The third-order valence-electron chi connectivity index (χ3n) is 3.52. The fraction of sp³-hybridized carbons (Fsp3) is 0.438. The summed E-state index contributed by atoms with van der Waals surface area (Å²) in [5.41, 5.74) is 1.63. The Hall–Kier alpha value is -1.88. The first kappa shape index (κ1) is 15.5. The molecule has 1 N–H and O–H groups in total. The maximum Gasteiger partial charge on any atom is 0.161 e. The third kappa shape index (κ3) is 3.61. The molecule has 2 aromatic rings. The Morgan fingerprint density at radius 1 is 1.38 bits per heavy atom. The van der Waals surface area contributed by atoms with E-state index in [-0.39, 0.29) is 11.9 Å². The van der Waals surface area contributed by atoms with Crippen LogP contribution in [0.1, 0.15) is 30.6 Å². The zero-order chi connectivity index (χ0) is 15.2. The van der Waals surface area contributed by atoms with Crippen molar-refractivity contribution in [2.45, 2.75) is 25.8 Å². The van der Waals surface area contributed by atoms with E-state index in [9.17, 15) is 4.39 Å². The Morgan fingerprint density at radius 2 is 2.14 bits per heavy atom. The lowest BCUT2D eigenvalue weighted by atomic mass is 10.0. The standard InChI is InChI=1S/C16H22FN3O/c1-4-9-18-14(10-12-7-5-6-8-13(12)17)16-15(21-3)11-19-20(16)2/h5-8,11,14,18H,4,9-10H2,1-3H3. The van der Waals surface area contributed by atoms with Crippen LogP contribution in [0.25, 0.3) is 0 Å². The van der Waals surface area contributed by atoms with Crippen LogP contribution in [0.5, 0.6) is 5.75 Å². The van der Waals surface area contributed by atoms with Crippen LogP contribution in [-0.4, -0.2) is 23.4 Å². The van der Waals surface area contributed by atoms with Gasteiger partial charge in [-0.2, -0.15) is 5.10 Å². The van der Waals surface area contributed by atoms with Gasteiger partial charge in [0, 0.05) is 7.05 Å². The first-order valence-corrected chi connectivity index (χ1v) is 7.20. The van der Waals surface area contributed by atoms with Crippen molar-refractivity contribution in [1.29, 1.82) is 0 Å². The number of halogens is 1. The molecule has 0 radical (unpaired) electrons. The molecule has 0 saturated carbocycles. The Kier molecular flexibility index (Phi) is 5.33. The molecule has 21 heavy (non-hydrogen) atoms. The van der Waals surface area contributed by atoms with Crippen molar-refractivity contribution in [1.82, 2.24) is 15.1 Å². The first-order valence-electron chi connectivity index (χ1n) is 7.20. The molecule has 0 aliphatic heterocycles. The third-order valence-corrected chi connectivity index (χ3v) is 3.52. The molecule has 1 aromatic carbocycles. The van der Waals surface area contributed by atoms with E-state index in [0.717, 1.165) is 24.4 Å². The molecular formula is C16H22FN3O. The number of aromatic nitrogens is 2. The average molecular weight is 291 g/mol. The number of hydrogen-bond acceptors (Lipinski definition) is 3. The van der Waals surface area contributed by atoms with Gasteiger partial charge in [-0.25, -0.2) is 4.39 Å². The van der Waals surface area contributed by atoms with Crippen LogP contribution in [0, 0.1) is 5.82 Å². The summed E-state index contributed by atoms with van der Waals surface area (Å²) in [5, 5.41) is 7.69. The fourth-order valence-electron chi connectivity index (χ4n) is 2.45. The molecule has 0 aliphatic rings. The van der Waals surface area contributed by atoms with Crippen molar-refractivity contribution in [3.63, 3.8) is 0 Å². The second-order valence-corrected chi connectivity index (χ2v) is 5.02. The van der Waals surface area contributed by atoms with E-state index >= 15 is 0 Å². The second kappa shape index (κ2) is 7.22. The van der Waals surface area contributed by atoms with Gasteiger partial charge in [-0.3, -0.25) is 4.68 Å². The van der Waals surface area contributed by atoms with Crippen molar-refractivity contribution in [2.24, 2.45) is 7.05 Å². The summed E-state index contributed by atoms with van der Waals surface area (Å²) < 4.78 is 21.1. The van der Waals surface area contributed by atoms with E-state index in [0.29, 0.717) is 12.0 Å². The average Bonchev–Trinajstić information content (AvgIpc) is 2.86. The fourth-order valence-corrected chi connectivity index (χ4v) is 2.45. The number of benzene rings is 1. The summed E-state index contributed by atoms with van der Waals surface area (Å²) in [6, 6.07) is 6.84. The van der Waals surface area contributed by atoms with E-state index in [1.807, 2.05) is 19.2 Å². The minimum absolute atomic E-state index is 0.0377. The maximum atomic E-state index is 13.9. The molecule has 5 heteroatoms. The first-order chi connectivity index (χ1) is 10.2.